The Bertz CT molecular complexity index is 1440. The summed E-state index contributed by atoms with van der Waals surface area (Å²) in [5, 5.41) is 14.7. The molecule has 2 aromatic carbocycles. The van der Waals surface area contributed by atoms with Gasteiger partial charge in [0, 0.05) is 12.6 Å². The molecule has 4 aromatic rings. The number of hydrazone groups is 1. The topological polar surface area (TPSA) is 127 Å². The molecule has 0 saturated heterocycles. The molecule has 3 N–H and O–H groups in total. The number of nitrogens with zero attached hydrogens (tertiary/aromatic N) is 4. The third kappa shape index (κ3) is 4.85. The van der Waals surface area contributed by atoms with Gasteiger partial charge in [0.1, 0.15) is 24.3 Å². The van der Waals surface area contributed by atoms with Crippen LogP contribution in [-0.4, -0.2) is 43.1 Å². The molecule has 1 atom stereocenters. The van der Waals surface area contributed by atoms with Gasteiger partial charge >= 0.3 is 5.69 Å². The minimum atomic E-state index is -1.04. The van der Waals surface area contributed by atoms with Crippen molar-refractivity contribution in [3.63, 3.8) is 0 Å². The van der Waals surface area contributed by atoms with E-state index >= 15 is 0 Å². The van der Waals surface area contributed by atoms with Gasteiger partial charge in [-0.15, -0.1) is 0 Å². The lowest BCUT2D eigenvalue weighted by Crippen LogP contribution is -2.30. The predicted octanol–water partition coefficient (Wildman–Crippen LogP) is 2.10. The van der Waals surface area contributed by atoms with E-state index in [0.29, 0.717) is 5.75 Å². The molecule has 0 radical (unpaired) electrons. The van der Waals surface area contributed by atoms with Gasteiger partial charge in [0.25, 0.3) is 5.56 Å². The number of halogens is 2. The molecule has 0 bridgehead atoms. The number of anilines is 1. The second-order valence-electron chi connectivity index (χ2n) is 7.32. The van der Waals surface area contributed by atoms with Crippen molar-refractivity contribution in [1.29, 1.82) is 0 Å². The predicted molar refractivity (Wildman–Crippen MR) is 126 cm³/mol. The number of rotatable bonds is 8. The maximum atomic E-state index is 14.0. The molecule has 0 aliphatic rings. The van der Waals surface area contributed by atoms with Crippen molar-refractivity contribution in [2.24, 2.45) is 12.1 Å². The average molecular weight is 487 g/mol. The van der Waals surface area contributed by atoms with E-state index in [1.807, 2.05) is 6.07 Å². The molecule has 0 spiro atoms. The Labute approximate surface area is 196 Å². The molecule has 0 amide bonds. The maximum absolute atomic E-state index is 14.0. The minimum Gasteiger partial charge on any atom is -0.491 e. The molecule has 34 heavy (non-hydrogen) atoms. The Hall–Kier alpha value is -3.96. The van der Waals surface area contributed by atoms with Crippen LogP contribution in [0.4, 0.5) is 10.3 Å². The number of aliphatic hydroxyl groups excluding tert-OH is 1. The number of nitrogens with one attached hydrogen (secondary N) is 2. The molecule has 0 fully saturated rings. The fourth-order valence-corrected chi connectivity index (χ4v) is 3.47. The van der Waals surface area contributed by atoms with Crippen molar-refractivity contribution in [2.75, 3.05) is 12.0 Å². The van der Waals surface area contributed by atoms with Crippen LogP contribution in [0.25, 0.3) is 11.2 Å². The van der Waals surface area contributed by atoms with E-state index < -0.39 is 23.2 Å². The molecule has 0 saturated carbocycles. The smallest absolute Gasteiger partial charge is 0.329 e. The first-order valence-corrected chi connectivity index (χ1v) is 10.5. The van der Waals surface area contributed by atoms with Crippen LogP contribution < -0.4 is 21.4 Å². The minimum absolute atomic E-state index is 0.0440. The van der Waals surface area contributed by atoms with Crippen LogP contribution in [0.2, 0.25) is 5.02 Å². The largest absolute Gasteiger partial charge is 0.491 e. The van der Waals surface area contributed by atoms with E-state index in [1.54, 1.807) is 24.3 Å². The molecule has 0 unspecified atom stereocenters. The zero-order valence-corrected chi connectivity index (χ0v) is 18.7. The highest BCUT2D eigenvalue weighted by Crippen LogP contribution is 2.19. The van der Waals surface area contributed by atoms with Crippen LogP contribution in [0.15, 0.2) is 63.2 Å². The van der Waals surface area contributed by atoms with Gasteiger partial charge in [-0.05, 0) is 24.3 Å². The number of aromatic nitrogens is 4. The Balaban J connectivity index is 1.65. The molecular weight excluding hydrogens is 467 g/mol. The maximum Gasteiger partial charge on any atom is 0.329 e. The van der Waals surface area contributed by atoms with Crippen LogP contribution >= 0.6 is 11.6 Å². The van der Waals surface area contributed by atoms with Gasteiger partial charge in [-0.1, -0.05) is 35.9 Å². The number of hydrogen-bond donors (Lipinski definition) is 3. The number of ether oxygens (including phenoxy) is 1. The van der Waals surface area contributed by atoms with E-state index in [-0.39, 0.29) is 40.8 Å². The third-order valence-electron chi connectivity index (χ3n) is 4.94. The van der Waals surface area contributed by atoms with E-state index in [2.05, 4.69) is 20.5 Å². The third-order valence-corrected chi connectivity index (χ3v) is 5.27. The van der Waals surface area contributed by atoms with E-state index in [9.17, 15) is 19.1 Å². The van der Waals surface area contributed by atoms with Gasteiger partial charge in [0.05, 0.1) is 17.8 Å². The molecular formula is C22H20ClFN6O4. The summed E-state index contributed by atoms with van der Waals surface area (Å²) >= 11 is 6.01. The number of aliphatic hydroxyl groups is 1. The van der Waals surface area contributed by atoms with Crippen molar-refractivity contribution in [3.8, 4) is 5.75 Å². The summed E-state index contributed by atoms with van der Waals surface area (Å²) in [5.41, 5.74) is 1.48. The van der Waals surface area contributed by atoms with Crippen LogP contribution in [-0.2, 0) is 13.6 Å². The number of aryl methyl sites for hydroxylation is 1. The molecule has 2 heterocycles. The van der Waals surface area contributed by atoms with Crippen molar-refractivity contribution < 1.29 is 14.2 Å². The second-order valence-corrected chi connectivity index (χ2v) is 7.73. The van der Waals surface area contributed by atoms with Crippen molar-refractivity contribution in [1.82, 2.24) is 19.1 Å². The lowest BCUT2D eigenvalue weighted by molar-refractivity contribution is 0.0938. The highest BCUT2D eigenvalue weighted by Gasteiger charge is 2.20. The number of para-hydroxylation sites is 1. The van der Waals surface area contributed by atoms with Crippen LogP contribution in [0, 0.1) is 5.82 Å². The summed E-state index contributed by atoms with van der Waals surface area (Å²) in [5.74, 6) is 0.0463. The summed E-state index contributed by atoms with van der Waals surface area (Å²) in [6.07, 6.45) is 0.124. The highest BCUT2D eigenvalue weighted by molar-refractivity contribution is 6.33. The molecule has 4 rings (SSSR count). The van der Waals surface area contributed by atoms with E-state index in [1.165, 1.54) is 36.0 Å². The molecule has 0 aliphatic carbocycles. The number of benzene rings is 2. The van der Waals surface area contributed by atoms with Gasteiger partial charge in [-0.25, -0.2) is 14.6 Å². The zero-order chi connectivity index (χ0) is 24.2. The zero-order valence-electron chi connectivity index (χ0n) is 17.9. The van der Waals surface area contributed by atoms with Gasteiger partial charge in [-0.2, -0.15) is 10.1 Å². The fourth-order valence-electron chi connectivity index (χ4n) is 3.26. The number of fused-ring (bicyclic) bond motifs is 1. The summed E-state index contributed by atoms with van der Waals surface area (Å²) in [7, 11) is 1.44. The van der Waals surface area contributed by atoms with Gasteiger partial charge in [-0.3, -0.25) is 14.3 Å². The Kier molecular flexibility index (Phi) is 6.75. The highest BCUT2D eigenvalue weighted by atomic mass is 35.5. The molecule has 176 valence electrons. The first kappa shape index (κ1) is 23.2. The first-order valence-electron chi connectivity index (χ1n) is 10.1. The lowest BCUT2D eigenvalue weighted by Gasteiger charge is -2.15. The van der Waals surface area contributed by atoms with Gasteiger partial charge in [0.15, 0.2) is 11.2 Å². The molecule has 2 aromatic heterocycles. The standard InChI is InChI=1S/C22H20ClFN6O4/c1-29-19-18(20(32)27-22(29)33)30(11-13(31)12-34-14-6-3-2-4-7-14)21(26-19)28-25-10-15-16(23)8-5-9-17(15)24/h2-10,13,31H,11-12H2,1H3,(H,26,28)(H,27,32,33)/b25-10-/t13-/m1/s1. The van der Waals surface area contributed by atoms with Crippen LogP contribution in [0.5, 0.6) is 5.75 Å². The average Bonchev–Trinajstić information content (AvgIpc) is 3.17. The van der Waals surface area contributed by atoms with Gasteiger partial charge < -0.3 is 14.4 Å². The number of aromatic amines is 1. The Morgan fingerprint density at radius 2 is 2.03 bits per heavy atom. The summed E-state index contributed by atoms with van der Waals surface area (Å²) in [6.45, 7) is -0.177. The van der Waals surface area contributed by atoms with Crippen LogP contribution in [0.3, 0.4) is 0 Å². The van der Waals surface area contributed by atoms with Gasteiger partial charge in [0.2, 0.25) is 5.95 Å². The summed E-state index contributed by atoms with van der Waals surface area (Å²) in [6, 6.07) is 13.1. The van der Waals surface area contributed by atoms with E-state index in [4.69, 9.17) is 16.3 Å². The quantitative estimate of drug-likeness (QED) is 0.258. The molecule has 10 nitrogen and oxygen atoms in total. The lowest BCUT2D eigenvalue weighted by atomic mass is 10.2. The number of imidazole rings is 1. The SMILES string of the molecule is Cn1c(=O)[nH]c(=O)c2c1nc(N/N=C\c1c(F)cccc1Cl)n2C[C@@H](O)COc1ccccc1. The summed E-state index contributed by atoms with van der Waals surface area (Å²) < 4.78 is 22.1. The summed E-state index contributed by atoms with van der Waals surface area (Å²) in [4.78, 5) is 31.1. The van der Waals surface area contributed by atoms with Crippen molar-refractivity contribution >= 4 is 34.9 Å². The first-order chi connectivity index (χ1) is 16.3. The monoisotopic (exact) mass is 486 g/mol. The van der Waals surface area contributed by atoms with Crippen molar-refractivity contribution in [2.45, 2.75) is 12.6 Å². The number of hydrogen-bond acceptors (Lipinski definition) is 7. The van der Waals surface area contributed by atoms with Crippen LogP contribution in [0.1, 0.15) is 5.56 Å². The number of H-pyrrole nitrogens is 1. The molecule has 12 heteroatoms. The molecule has 0 aliphatic heterocycles. The van der Waals surface area contributed by atoms with Crippen molar-refractivity contribution in [3.05, 3.63) is 85.8 Å². The Morgan fingerprint density at radius 3 is 2.76 bits per heavy atom. The fraction of sp³-hybridized carbons (Fsp3) is 0.182. The second kappa shape index (κ2) is 9.89. The van der Waals surface area contributed by atoms with E-state index in [0.717, 1.165) is 4.57 Å². The Morgan fingerprint density at radius 1 is 1.26 bits per heavy atom. The normalized spacial score (nSPS) is 12.4.